The summed E-state index contributed by atoms with van der Waals surface area (Å²) >= 11 is 4.16. The summed E-state index contributed by atoms with van der Waals surface area (Å²) in [7, 11) is 0. The molecule has 0 aliphatic carbocycles. The third kappa shape index (κ3) is 30.6. The summed E-state index contributed by atoms with van der Waals surface area (Å²) in [6, 6.07) is 20.9. The second-order valence-corrected chi connectivity index (χ2v) is 37.1. The average Bonchev–Trinajstić information content (AvgIpc) is 1.75. The van der Waals surface area contributed by atoms with E-state index in [0.717, 1.165) is 143 Å². The Balaban J connectivity index is 1.37. The topological polar surface area (TPSA) is 126 Å². The smallest absolute Gasteiger partial charge is 0.203 e. The fraction of sp³-hybridized carbons (Fsp3) is 0.594. The van der Waals surface area contributed by atoms with Crippen LogP contribution in [0.4, 0.5) is 0 Å². The van der Waals surface area contributed by atoms with E-state index in [1.165, 1.54) is 77.0 Å². The molecule has 0 saturated heterocycles. The second kappa shape index (κ2) is 47.6. The molecule has 8 bridgehead atoms. The Hall–Kier alpha value is -7.41. The Morgan fingerprint density at radius 3 is 0.991 bits per heavy atom. The molecule has 12 heteroatoms. The van der Waals surface area contributed by atoms with Crippen molar-refractivity contribution < 1.29 is 28.4 Å². The molecule has 113 heavy (non-hydrogen) atoms. The summed E-state index contributed by atoms with van der Waals surface area (Å²) < 4.78 is 43.5. The Morgan fingerprint density at radius 1 is 0.345 bits per heavy atom. The number of aromatic amines is 2. The van der Waals surface area contributed by atoms with E-state index >= 15 is 0 Å². The van der Waals surface area contributed by atoms with Crippen LogP contribution in [0.15, 0.2) is 71.3 Å². The summed E-state index contributed by atoms with van der Waals surface area (Å²) in [6.45, 7) is 45.2. The average molecular weight is 1600 g/mol. The monoisotopic (exact) mass is 1600 g/mol. The molecule has 2 N–H and O–H groups in total. The van der Waals surface area contributed by atoms with Crippen molar-refractivity contribution in [1.82, 2.24) is 24.9 Å². The molecule has 2 aromatic carbocycles. The van der Waals surface area contributed by atoms with Gasteiger partial charge in [0.1, 0.15) is 5.69 Å². The zero-order valence-electron chi connectivity index (χ0n) is 73.0. The van der Waals surface area contributed by atoms with Crippen LogP contribution in [-0.4, -0.2) is 64.6 Å². The van der Waals surface area contributed by atoms with Crippen molar-refractivity contribution in [2.45, 2.75) is 279 Å². The molecular formula is C101H144BrN5O6. The predicted molar refractivity (Wildman–Crippen MR) is 483 cm³/mol. The van der Waals surface area contributed by atoms with E-state index in [1.807, 2.05) is 12.1 Å². The number of hydrogen-bond donors (Lipinski definition) is 2. The molecule has 6 atom stereocenters. The number of aromatic nitrogens is 5. The van der Waals surface area contributed by atoms with Gasteiger partial charge in [-0.2, -0.15) is 0 Å². The molecule has 616 valence electrons. The number of pyridine rings is 1. The van der Waals surface area contributed by atoms with Gasteiger partial charge in [0, 0.05) is 33.9 Å². The summed E-state index contributed by atoms with van der Waals surface area (Å²) in [5.74, 6) is 20.8. The lowest BCUT2D eigenvalue weighted by Crippen LogP contribution is -2.11. The lowest BCUT2D eigenvalue weighted by molar-refractivity contribution is 0.216. The molecule has 11 nitrogen and oxygen atoms in total. The second-order valence-electron chi connectivity index (χ2n) is 36.3. The van der Waals surface area contributed by atoms with Gasteiger partial charge in [0.25, 0.3) is 0 Å². The van der Waals surface area contributed by atoms with Crippen LogP contribution in [0.1, 0.15) is 318 Å². The number of hydrogen-bond acceptors (Lipinski definition) is 9. The zero-order chi connectivity index (χ0) is 81.3. The highest BCUT2D eigenvalue weighted by atomic mass is 79.9. The summed E-state index contributed by atoms with van der Waals surface area (Å²) in [5.41, 5.74) is 11.6. The van der Waals surface area contributed by atoms with E-state index in [1.54, 1.807) is 6.20 Å². The first-order chi connectivity index (χ1) is 54.3. The first-order valence-corrected chi connectivity index (χ1v) is 45.0. The maximum Gasteiger partial charge on any atom is 0.203 e. The Morgan fingerprint density at radius 2 is 0.655 bits per heavy atom. The highest BCUT2D eigenvalue weighted by Gasteiger charge is 2.26. The van der Waals surface area contributed by atoms with Crippen LogP contribution < -0.4 is 28.4 Å². The first kappa shape index (κ1) is 91.1. The molecule has 2 aliphatic rings. The quantitative estimate of drug-likeness (QED) is 0.0359. The SMILES string of the molecule is C#Cc1ccc(C#Cc2c3nc(c(-c4cc(OCC[C@@H](C)CCCC(C)C)c(OCC[C@@H](C)CCCC(C)C)c(OCC[C@@H](C)CCCC(C)C)c4)c4ccc([nH]4)c(Br)c4nc(c(-c5cc(OCC[C@@H](C)CCCC(C)C)c(OCC[C@@H](C)CCCC(C)C)c(OCC[C@@H](C)CCCC(C)C)c5)c5ccc2[nH]5)C=C4)C=C3)nc1. The van der Waals surface area contributed by atoms with Crippen LogP contribution in [0.5, 0.6) is 34.5 Å². The van der Waals surface area contributed by atoms with Crippen LogP contribution in [0.2, 0.25) is 0 Å². The van der Waals surface area contributed by atoms with Gasteiger partial charge in [-0.3, -0.25) is 0 Å². The van der Waals surface area contributed by atoms with Crippen molar-refractivity contribution in [1.29, 1.82) is 0 Å². The van der Waals surface area contributed by atoms with E-state index in [4.69, 9.17) is 49.8 Å². The molecule has 0 spiro atoms. The van der Waals surface area contributed by atoms with Crippen molar-refractivity contribution in [3.63, 3.8) is 0 Å². The minimum Gasteiger partial charge on any atom is -0.490 e. The van der Waals surface area contributed by atoms with Crippen molar-refractivity contribution in [3.05, 3.63) is 111 Å². The van der Waals surface area contributed by atoms with Gasteiger partial charge >= 0.3 is 0 Å². The molecule has 0 radical (unpaired) electrons. The van der Waals surface area contributed by atoms with Gasteiger partial charge in [-0.15, -0.1) is 6.42 Å². The van der Waals surface area contributed by atoms with Crippen LogP contribution in [0, 0.1) is 95.2 Å². The molecule has 2 aliphatic heterocycles. The molecule has 0 fully saturated rings. The number of halogens is 1. The minimum atomic E-state index is 0.488. The number of fused-ring (bicyclic) bond motifs is 8. The minimum absolute atomic E-state index is 0.488. The standard InChI is InChI=1S/C101H144BrN5O6/c1-20-80-39-40-83(103-67-80)41-42-84-85-43-45-87(104-85)97(81-63-93(108-57-51-74(14)33-21-27-68(2)3)100(112-61-55-78(18)37-25-31-72(10)11)94(64-81)109-58-52-75(15)34-22-28-69(4)5)89-47-49-91(106-89)99(102)92-50-48-90(107-92)98(88-46-44-86(84)105-88)82-65-95(110-59-53-76(16)35-23-29-70(6)7)101(113-62-56-79(19)38-26-32-73(12)13)96(66-82)111-60-54-77(17)36-24-30-71(8)9/h1,39-40,43-50,63-79,104,107H,21-38,51-62H2,2-19H3/t74-,75-,76-,77-,78-,79-/m0/s1. The van der Waals surface area contributed by atoms with Crippen LogP contribution in [-0.2, 0) is 0 Å². The molecule has 6 heterocycles. The van der Waals surface area contributed by atoms with Gasteiger partial charge < -0.3 is 38.4 Å². The Labute approximate surface area is 692 Å². The molecule has 0 saturated carbocycles. The van der Waals surface area contributed by atoms with Crippen molar-refractivity contribution in [2.24, 2.45) is 71.0 Å². The molecule has 0 unspecified atom stereocenters. The van der Waals surface area contributed by atoms with Crippen molar-refractivity contribution in [3.8, 4) is 80.9 Å². The Bertz CT molecular complexity index is 4010. The number of rotatable bonds is 50. The highest BCUT2D eigenvalue weighted by molar-refractivity contribution is 9.10. The number of terminal acetylenes is 1. The van der Waals surface area contributed by atoms with Gasteiger partial charge in [-0.1, -0.05) is 252 Å². The largest absolute Gasteiger partial charge is 0.490 e. The third-order valence-corrected chi connectivity index (χ3v) is 23.4. The van der Waals surface area contributed by atoms with E-state index in [2.05, 4.69) is 241 Å². The van der Waals surface area contributed by atoms with Crippen molar-refractivity contribution >= 4 is 62.3 Å². The van der Waals surface area contributed by atoms with Crippen LogP contribution in [0.25, 0.3) is 68.6 Å². The third-order valence-electron chi connectivity index (χ3n) is 22.6. The zero-order valence-corrected chi connectivity index (χ0v) is 74.6. The predicted octanol–water partition coefficient (Wildman–Crippen LogP) is 28.9. The van der Waals surface area contributed by atoms with Gasteiger partial charge in [0.05, 0.1) is 83.5 Å². The molecule has 8 rings (SSSR count). The lowest BCUT2D eigenvalue weighted by Gasteiger charge is -2.21. The van der Waals surface area contributed by atoms with E-state index in [-0.39, 0.29) is 0 Å². The number of nitrogens with zero attached hydrogens (tertiary/aromatic N) is 3. The fourth-order valence-corrected chi connectivity index (χ4v) is 15.5. The molecule has 0 amide bonds. The maximum absolute atomic E-state index is 7.13. The molecule has 4 aromatic heterocycles. The van der Waals surface area contributed by atoms with Gasteiger partial charge in [-0.05, 0) is 227 Å². The molecule has 6 aromatic rings. The first-order valence-electron chi connectivity index (χ1n) is 44.2. The number of nitrogens with one attached hydrogen (secondary N) is 2. The maximum atomic E-state index is 7.13. The molecular weight excluding hydrogens is 1460 g/mol. The number of benzene rings is 2. The van der Waals surface area contributed by atoms with Gasteiger partial charge in [0.2, 0.25) is 11.5 Å². The van der Waals surface area contributed by atoms with Crippen molar-refractivity contribution in [2.75, 3.05) is 39.6 Å². The normalized spacial score (nSPS) is 13.7. The summed E-state index contributed by atoms with van der Waals surface area (Å²) in [4.78, 5) is 23.9. The lowest BCUT2D eigenvalue weighted by atomic mass is 9.97. The Kier molecular flexibility index (Phi) is 38.4. The van der Waals surface area contributed by atoms with Crippen LogP contribution >= 0.6 is 15.9 Å². The fourth-order valence-electron chi connectivity index (χ4n) is 15.1. The number of ether oxygens (including phenoxy) is 6. The highest BCUT2D eigenvalue weighted by Crippen LogP contribution is 2.47. The van der Waals surface area contributed by atoms with Gasteiger partial charge in [-0.25, -0.2) is 15.0 Å². The summed E-state index contributed by atoms with van der Waals surface area (Å²) in [5, 5.41) is 0. The summed E-state index contributed by atoms with van der Waals surface area (Å²) in [6.07, 6.45) is 43.0. The van der Waals surface area contributed by atoms with E-state index in [0.29, 0.717) is 168 Å². The van der Waals surface area contributed by atoms with E-state index < -0.39 is 0 Å². The van der Waals surface area contributed by atoms with E-state index in [9.17, 15) is 0 Å². The number of H-pyrrole nitrogens is 2. The van der Waals surface area contributed by atoms with Gasteiger partial charge in [0.15, 0.2) is 23.0 Å². The van der Waals surface area contributed by atoms with Crippen LogP contribution in [0.3, 0.4) is 0 Å².